The molecule has 0 spiro atoms. The molecule has 1 atom stereocenters. The highest BCUT2D eigenvalue weighted by atomic mass is 32.1. The fraction of sp³-hybridized carbons (Fsp3) is 0.433. The summed E-state index contributed by atoms with van der Waals surface area (Å²) in [5, 5.41) is 5.77. The Bertz CT molecular complexity index is 1310. The number of fused-ring (bicyclic) bond motifs is 2. The molecule has 3 heterocycles. The van der Waals surface area contributed by atoms with Gasteiger partial charge in [0, 0.05) is 52.7 Å². The van der Waals surface area contributed by atoms with E-state index in [1.807, 2.05) is 0 Å². The smallest absolute Gasteiger partial charge is 0.261 e. The molecule has 2 aromatic carbocycles. The second kappa shape index (κ2) is 11.1. The van der Waals surface area contributed by atoms with E-state index in [1.165, 1.54) is 34.2 Å². The van der Waals surface area contributed by atoms with Gasteiger partial charge in [-0.15, -0.1) is 11.3 Å². The first-order valence-electron chi connectivity index (χ1n) is 13.3. The lowest BCUT2D eigenvalue weighted by atomic mass is 10.0. The van der Waals surface area contributed by atoms with Crippen molar-refractivity contribution in [2.45, 2.75) is 57.5 Å². The summed E-state index contributed by atoms with van der Waals surface area (Å²) >= 11 is 1.61. The van der Waals surface area contributed by atoms with E-state index in [0.29, 0.717) is 6.04 Å². The van der Waals surface area contributed by atoms with Crippen LogP contribution in [0.3, 0.4) is 0 Å². The summed E-state index contributed by atoms with van der Waals surface area (Å²) in [5.74, 6) is 0.0468. The number of para-hydroxylation sites is 1. The number of unbranched alkanes of at least 4 members (excludes halogenated alkanes) is 1. The lowest BCUT2D eigenvalue weighted by Crippen LogP contribution is -2.41. The zero-order valence-corrected chi connectivity index (χ0v) is 22.5. The van der Waals surface area contributed by atoms with Gasteiger partial charge in [0.2, 0.25) is 0 Å². The first-order valence-corrected chi connectivity index (χ1v) is 14.1. The van der Waals surface area contributed by atoms with Crippen LogP contribution in [-0.2, 0) is 6.42 Å². The molecule has 1 aliphatic rings. The van der Waals surface area contributed by atoms with Crippen LogP contribution in [0.4, 0.5) is 5.69 Å². The van der Waals surface area contributed by atoms with Crippen molar-refractivity contribution >= 4 is 43.9 Å². The van der Waals surface area contributed by atoms with Crippen LogP contribution in [-0.4, -0.2) is 55.1 Å². The molecule has 190 valence electrons. The van der Waals surface area contributed by atoms with Gasteiger partial charge in [-0.3, -0.25) is 4.79 Å². The largest absolute Gasteiger partial charge is 0.371 e. The van der Waals surface area contributed by atoms with E-state index in [9.17, 15) is 4.79 Å². The molecule has 1 fully saturated rings. The summed E-state index contributed by atoms with van der Waals surface area (Å²) in [6.07, 6.45) is 8.54. The van der Waals surface area contributed by atoms with Crippen molar-refractivity contribution in [2.24, 2.45) is 0 Å². The van der Waals surface area contributed by atoms with Crippen molar-refractivity contribution in [1.82, 2.24) is 15.2 Å². The normalized spacial score (nSPS) is 15.7. The second-order valence-corrected chi connectivity index (χ2v) is 11.5. The van der Waals surface area contributed by atoms with Gasteiger partial charge in [0.05, 0.1) is 4.88 Å². The third-order valence-corrected chi connectivity index (χ3v) is 8.77. The number of aromatic nitrogens is 1. The highest BCUT2D eigenvalue weighted by Crippen LogP contribution is 2.31. The SMILES string of the molecule is CCCCC(Cc1c[nH]c2ccccc12)NC(=O)c1cc2ccc(N3CCC(N(C)C)CC3)cc2s1. The number of aromatic amines is 1. The van der Waals surface area contributed by atoms with E-state index in [1.54, 1.807) is 11.3 Å². The number of carbonyl (C=O) groups excluding carboxylic acids is 1. The summed E-state index contributed by atoms with van der Waals surface area (Å²) in [5.41, 5.74) is 3.69. The summed E-state index contributed by atoms with van der Waals surface area (Å²) in [6, 6.07) is 17.9. The van der Waals surface area contributed by atoms with Gasteiger partial charge in [-0.25, -0.2) is 0 Å². The molecule has 5 nitrogen and oxygen atoms in total. The Morgan fingerprint density at radius 1 is 1.17 bits per heavy atom. The third-order valence-electron chi connectivity index (χ3n) is 7.67. The van der Waals surface area contributed by atoms with Crippen LogP contribution in [0.15, 0.2) is 54.7 Å². The van der Waals surface area contributed by atoms with E-state index in [0.717, 1.165) is 54.6 Å². The summed E-state index contributed by atoms with van der Waals surface area (Å²) in [7, 11) is 4.36. The maximum atomic E-state index is 13.3. The van der Waals surface area contributed by atoms with Crippen molar-refractivity contribution in [3.05, 3.63) is 65.2 Å². The van der Waals surface area contributed by atoms with Gasteiger partial charge < -0.3 is 20.1 Å². The number of thiophene rings is 1. The number of H-pyrrole nitrogens is 1. The van der Waals surface area contributed by atoms with Crippen LogP contribution < -0.4 is 10.2 Å². The van der Waals surface area contributed by atoms with Crippen molar-refractivity contribution in [1.29, 1.82) is 0 Å². The lowest BCUT2D eigenvalue weighted by molar-refractivity contribution is 0.0938. The Morgan fingerprint density at radius 3 is 2.75 bits per heavy atom. The molecule has 1 amide bonds. The van der Waals surface area contributed by atoms with E-state index >= 15 is 0 Å². The minimum atomic E-state index is 0.0468. The standard InChI is InChI=1S/C30H38N4OS/c1-4-5-8-23(17-22-20-31-27-10-7-6-9-26(22)27)32-30(35)29-18-21-11-12-25(19-28(21)36-29)34-15-13-24(14-16-34)33(2)3/h6-7,9-12,18-20,23-24,31H,4-5,8,13-17H2,1-3H3,(H,32,35). The van der Waals surface area contributed by atoms with Crippen molar-refractivity contribution < 1.29 is 4.79 Å². The van der Waals surface area contributed by atoms with Crippen LogP contribution >= 0.6 is 11.3 Å². The molecule has 1 unspecified atom stereocenters. The highest BCUT2D eigenvalue weighted by Gasteiger charge is 2.22. The topological polar surface area (TPSA) is 51.4 Å². The van der Waals surface area contributed by atoms with E-state index in [2.05, 4.69) is 95.8 Å². The lowest BCUT2D eigenvalue weighted by Gasteiger charge is -2.36. The summed E-state index contributed by atoms with van der Waals surface area (Å²) in [4.78, 5) is 22.3. The van der Waals surface area contributed by atoms with Crippen LogP contribution in [0.2, 0.25) is 0 Å². The molecule has 4 aromatic rings. The fourth-order valence-electron chi connectivity index (χ4n) is 5.47. The Labute approximate surface area is 218 Å². The first kappa shape index (κ1) is 24.8. The maximum Gasteiger partial charge on any atom is 0.261 e. The molecule has 0 saturated carbocycles. The number of piperidine rings is 1. The number of nitrogens with one attached hydrogen (secondary N) is 2. The van der Waals surface area contributed by atoms with Crippen LogP contribution in [0, 0.1) is 0 Å². The zero-order valence-electron chi connectivity index (χ0n) is 21.7. The summed E-state index contributed by atoms with van der Waals surface area (Å²) in [6.45, 7) is 4.37. The number of benzene rings is 2. The van der Waals surface area contributed by atoms with Crippen LogP contribution in [0.25, 0.3) is 21.0 Å². The number of anilines is 1. The Balaban J connectivity index is 1.29. The third kappa shape index (κ3) is 5.45. The Morgan fingerprint density at radius 2 is 1.97 bits per heavy atom. The van der Waals surface area contributed by atoms with Gasteiger partial charge in [-0.2, -0.15) is 0 Å². The van der Waals surface area contributed by atoms with Gasteiger partial charge in [-0.1, -0.05) is 44.0 Å². The molecule has 6 heteroatoms. The van der Waals surface area contributed by atoms with E-state index in [4.69, 9.17) is 0 Å². The van der Waals surface area contributed by atoms with Gasteiger partial charge in [0.1, 0.15) is 0 Å². The molecule has 2 aromatic heterocycles. The van der Waals surface area contributed by atoms with Crippen LogP contribution in [0.1, 0.15) is 54.3 Å². The quantitative estimate of drug-likeness (QED) is 0.277. The molecule has 36 heavy (non-hydrogen) atoms. The minimum Gasteiger partial charge on any atom is -0.371 e. The highest BCUT2D eigenvalue weighted by molar-refractivity contribution is 7.20. The number of nitrogens with zero attached hydrogens (tertiary/aromatic N) is 2. The number of hydrogen-bond acceptors (Lipinski definition) is 4. The van der Waals surface area contributed by atoms with Crippen molar-refractivity contribution in [3.63, 3.8) is 0 Å². The molecule has 5 rings (SSSR count). The maximum absolute atomic E-state index is 13.3. The molecular formula is C30H38N4OS. The number of carbonyl (C=O) groups is 1. The van der Waals surface area contributed by atoms with Crippen molar-refractivity contribution in [2.75, 3.05) is 32.1 Å². The second-order valence-electron chi connectivity index (χ2n) is 10.4. The number of amides is 1. The molecule has 0 radical (unpaired) electrons. The number of rotatable bonds is 9. The molecular weight excluding hydrogens is 464 g/mol. The van der Waals surface area contributed by atoms with Crippen molar-refractivity contribution in [3.8, 4) is 0 Å². The molecule has 0 aliphatic carbocycles. The van der Waals surface area contributed by atoms with Gasteiger partial charge in [0.25, 0.3) is 5.91 Å². The van der Waals surface area contributed by atoms with E-state index in [-0.39, 0.29) is 11.9 Å². The Hall–Kier alpha value is -2.83. The zero-order chi connectivity index (χ0) is 25.1. The average molecular weight is 503 g/mol. The fourth-order valence-corrected chi connectivity index (χ4v) is 6.47. The van der Waals surface area contributed by atoms with Gasteiger partial charge in [0.15, 0.2) is 0 Å². The monoisotopic (exact) mass is 502 g/mol. The van der Waals surface area contributed by atoms with Gasteiger partial charge >= 0.3 is 0 Å². The Kier molecular flexibility index (Phi) is 7.63. The average Bonchev–Trinajstić information content (AvgIpc) is 3.51. The molecule has 2 N–H and O–H groups in total. The summed E-state index contributed by atoms with van der Waals surface area (Å²) < 4.78 is 1.19. The predicted octanol–water partition coefficient (Wildman–Crippen LogP) is 6.44. The van der Waals surface area contributed by atoms with E-state index < -0.39 is 0 Å². The molecule has 0 bridgehead atoms. The molecule has 1 aliphatic heterocycles. The van der Waals surface area contributed by atoms with Crippen LogP contribution in [0.5, 0.6) is 0 Å². The predicted molar refractivity (Wildman–Crippen MR) is 154 cm³/mol. The number of hydrogen-bond donors (Lipinski definition) is 2. The van der Waals surface area contributed by atoms with Gasteiger partial charge in [-0.05, 0) is 75.0 Å². The molecule has 1 saturated heterocycles. The minimum absolute atomic E-state index is 0.0468. The first-order chi connectivity index (χ1) is 17.5.